The number of aryl methyl sites for hydroxylation is 1. The molecule has 1 aromatic heterocycles. The minimum Gasteiger partial charge on any atom is -0.569 e. The highest BCUT2D eigenvalue weighted by molar-refractivity contribution is 7.90. The topological polar surface area (TPSA) is 158 Å². The van der Waals surface area contributed by atoms with E-state index >= 15 is 0 Å². The molecule has 1 heterocycles. The van der Waals surface area contributed by atoms with Gasteiger partial charge in [0.1, 0.15) is 0 Å². The summed E-state index contributed by atoms with van der Waals surface area (Å²) in [5.74, 6) is -2.34. The number of nitrogens with zero attached hydrogens (tertiary/aromatic N) is 5. The van der Waals surface area contributed by atoms with Crippen LogP contribution in [0.25, 0.3) is 16.9 Å². The van der Waals surface area contributed by atoms with Crippen LogP contribution in [0.15, 0.2) is 64.8 Å². The summed E-state index contributed by atoms with van der Waals surface area (Å²) in [6, 6.07) is 11.0. The van der Waals surface area contributed by atoms with Gasteiger partial charge < -0.3 is 14.8 Å². The third kappa shape index (κ3) is 8.21. The number of carbonyl (C=O) groups is 2. The minimum atomic E-state index is -4.72. The predicted molar refractivity (Wildman–Crippen MR) is 144 cm³/mol. The van der Waals surface area contributed by atoms with E-state index in [4.69, 9.17) is 0 Å². The molecule has 0 bridgehead atoms. The van der Waals surface area contributed by atoms with Gasteiger partial charge in [-0.2, -0.15) is 18.3 Å². The third-order valence-corrected chi connectivity index (χ3v) is 7.35. The fourth-order valence-electron chi connectivity index (χ4n) is 3.91. The molecule has 0 saturated carbocycles. The van der Waals surface area contributed by atoms with Crippen molar-refractivity contribution in [2.45, 2.75) is 44.8 Å². The Labute approximate surface area is 245 Å². The van der Waals surface area contributed by atoms with E-state index in [1.807, 2.05) is 11.6 Å². The van der Waals surface area contributed by atoms with Crippen LogP contribution < -0.4 is 4.72 Å². The van der Waals surface area contributed by atoms with E-state index in [1.165, 1.54) is 19.2 Å². The van der Waals surface area contributed by atoms with Crippen molar-refractivity contribution in [3.05, 3.63) is 71.1 Å². The molecule has 1 amide bonds. The van der Waals surface area contributed by atoms with Crippen molar-refractivity contribution in [2.75, 3.05) is 13.8 Å². The number of hydrazine groups is 1. The van der Waals surface area contributed by atoms with Crippen molar-refractivity contribution in [1.29, 1.82) is 0 Å². The lowest BCUT2D eigenvalue weighted by atomic mass is 10.0. The summed E-state index contributed by atoms with van der Waals surface area (Å²) in [6.45, 7) is 5.40. The summed E-state index contributed by atoms with van der Waals surface area (Å²) < 4.78 is 74.0. The van der Waals surface area contributed by atoms with Crippen LogP contribution in [0, 0.1) is 18.0 Å². The standard InChI is InChI=1S/C26H29F3N6O7S/c1-16(2)24(33(5)35(38)32-42-15-41-18(4)36)25(37)31-43(39,40)21-12-10-20(11-13-21)34-22(14-23(30-34)26(27,28)29)19-8-6-17(3)7-9-19/h6-14,16,24H,15H2,1-5H3,(H,31,37)/t24-/m0/s1. The molecule has 0 unspecified atom stereocenters. The van der Waals surface area contributed by atoms with E-state index in [0.717, 1.165) is 40.4 Å². The van der Waals surface area contributed by atoms with Crippen LogP contribution in [0.4, 0.5) is 13.2 Å². The smallest absolute Gasteiger partial charge is 0.435 e. The molecule has 0 spiro atoms. The second kappa shape index (κ2) is 13.1. The molecule has 1 N–H and O–H groups in total. The van der Waals surface area contributed by atoms with Crippen LogP contribution in [-0.2, 0) is 35.4 Å². The zero-order valence-electron chi connectivity index (χ0n) is 23.7. The monoisotopic (exact) mass is 626 g/mol. The highest BCUT2D eigenvalue weighted by Gasteiger charge is 2.36. The van der Waals surface area contributed by atoms with E-state index in [0.29, 0.717) is 5.56 Å². The Balaban J connectivity index is 1.85. The second-order valence-electron chi connectivity index (χ2n) is 9.63. The first-order valence-electron chi connectivity index (χ1n) is 12.6. The second-order valence-corrected chi connectivity index (χ2v) is 11.3. The molecule has 0 aliphatic rings. The van der Waals surface area contributed by atoms with E-state index in [1.54, 1.807) is 38.1 Å². The maximum atomic E-state index is 13.5. The minimum absolute atomic E-state index is 0.111. The van der Waals surface area contributed by atoms with Crippen molar-refractivity contribution in [3.8, 4) is 16.9 Å². The van der Waals surface area contributed by atoms with Gasteiger partial charge in [0, 0.05) is 12.5 Å². The summed E-state index contributed by atoms with van der Waals surface area (Å²) >= 11 is 0. The number of carbonyl (C=O) groups excluding carboxylic acids is 2. The Morgan fingerprint density at radius 1 is 1.14 bits per heavy atom. The first-order chi connectivity index (χ1) is 20.0. The molecule has 232 valence electrons. The number of amides is 1. The van der Waals surface area contributed by atoms with Gasteiger partial charge in [0.2, 0.25) is 5.28 Å². The number of aromatic nitrogens is 2. The summed E-state index contributed by atoms with van der Waals surface area (Å²) in [4.78, 5) is 27.8. The number of likely N-dealkylation sites (N-methyl/N-ethyl adjacent to an activating group) is 1. The average Bonchev–Trinajstić information content (AvgIpc) is 3.37. The maximum absolute atomic E-state index is 13.5. The highest BCUT2D eigenvalue weighted by atomic mass is 32.2. The zero-order chi connectivity index (χ0) is 32.1. The highest BCUT2D eigenvalue weighted by Crippen LogP contribution is 2.33. The van der Waals surface area contributed by atoms with E-state index in [2.05, 4.69) is 20.0 Å². The molecule has 0 fully saturated rings. The van der Waals surface area contributed by atoms with E-state index in [9.17, 15) is 36.4 Å². The van der Waals surface area contributed by atoms with Crippen molar-refractivity contribution >= 4 is 21.9 Å². The van der Waals surface area contributed by atoms with Crippen molar-refractivity contribution in [3.63, 3.8) is 0 Å². The summed E-state index contributed by atoms with van der Waals surface area (Å²) in [5.41, 5.74) is 0.486. The number of hydrogen-bond acceptors (Lipinski definition) is 9. The largest absolute Gasteiger partial charge is 0.569 e. The number of sulfonamides is 1. The lowest BCUT2D eigenvalue weighted by molar-refractivity contribution is -0.712. The van der Waals surface area contributed by atoms with Gasteiger partial charge in [-0.25, -0.2) is 17.8 Å². The van der Waals surface area contributed by atoms with Crippen LogP contribution in [0.5, 0.6) is 0 Å². The lowest BCUT2D eigenvalue weighted by Crippen LogP contribution is -2.51. The Hall–Kier alpha value is -4.67. The molecular weight excluding hydrogens is 597 g/mol. The fraction of sp³-hybridized carbons (Fsp3) is 0.346. The maximum Gasteiger partial charge on any atom is 0.435 e. The van der Waals surface area contributed by atoms with Gasteiger partial charge in [0.15, 0.2) is 11.7 Å². The number of nitrogens with one attached hydrogen (secondary N) is 1. The first-order valence-corrected chi connectivity index (χ1v) is 14.1. The van der Waals surface area contributed by atoms with Gasteiger partial charge >= 0.3 is 12.1 Å². The predicted octanol–water partition coefficient (Wildman–Crippen LogP) is 3.96. The number of halogens is 3. The number of alkyl halides is 3. The van der Waals surface area contributed by atoms with Crippen molar-refractivity contribution < 1.29 is 45.7 Å². The van der Waals surface area contributed by atoms with Gasteiger partial charge in [0.25, 0.3) is 22.7 Å². The summed E-state index contributed by atoms with van der Waals surface area (Å²) in [5, 5.41) is 19.9. The SMILES string of the molecule is CC(=O)OCON=[N+]([O-])N(C)[C@H](C(=O)NS(=O)(=O)c1ccc(-n2nc(C(F)(F)F)cc2-c2ccc(C)cc2)cc1)C(C)C. The molecule has 3 aromatic rings. The Kier molecular flexibility index (Phi) is 10.0. The normalized spacial score (nSPS) is 13.0. The number of rotatable bonds is 11. The van der Waals surface area contributed by atoms with Gasteiger partial charge in [0.05, 0.1) is 28.3 Å². The molecule has 0 aliphatic carbocycles. The number of benzene rings is 2. The molecule has 43 heavy (non-hydrogen) atoms. The quantitative estimate of drug-likeness (QED) is 0.0831. The fourth-order valence-corrected chi connectivity index (χ4v) is 4.91. The summed E-state index contributed by atoms with van der Waals surface area (Å²) in [7, 11) is -3.32. The molecule has 13 nitrogen and oxygen atoms in total. The van der Waals surface area contributed by atoms with E-state index < -0.39 is 52.5 Å². The van der Waals surface area contributed by atoms with Crippen LogP contribution in [0.3, 0.4) is 0 Å². The lowest BCUT2D eigenvalue weighted by Gasteiger charge is -2.25. The number of hydrogen-bond donors (Lipinski definition) is 1. The Morgan fingerprint density at radius 2 is 1.74 bits per heavy atom. The van der Waals surface area contributed by atoms with Crippen molar-refractivity contribution in [1.82, 2.24) is 19.5 Å². The van der Waals surface area contributed by atoms with E-state index in [-0.39, 0.29) is 21.2 Å². The molecule has 1 atom stereocenters. The first kappa shape index (κ1) is 32.8. The average molecular weight is 627 g/mol. The number of ether oxygens (including phenoxy) is 1. The molecule has 2 aromatic carbocycles. The molecule has 0 radical (unpaired) electrons. The molecule has 0 aliphatic heterocycles. The number of esters is 1. The van der Waals surface area contributed by atoms with Gasteiger partial charge in [-0.05, 0) is 43.2 Å². The Morgan fingerprint density at radius 3 is 2.28 bits per heavy atom. The zero-order valence-corrected chi connectivity index (χ0v) is 24.5. The van der Waals surface area contributed by atoms with Gasteiger partial charge in [-0.3, -0.25) is 9.59 Å². The van der Waals surface area contributed by atoms with Crippen LogP contribution in [-0.4, -0.2) is 59.9 Å². The molecule has 3 rings (SSSR count). The molecule has 17 heteroatoms. The van der Waals surface area contributed by atoms with Crippen LogP contribution >= 0.6 is 0 Å². The van der Waals surface area contributed by atoms with Gasteiger partial charge in [-0.1, -0.05) is 43.7 Å². The third-order valence-electron chi connectivity index (χ3n) is 5.99. The molecular formula is C26H29F3N6O7S. The van der Waals surface area contributed by atoms with Gasteiger partial charge in [-0.15, -0.1) is 5.01 Å². The Bertz CT molecular complexity index is 1590. The summed E-state index contributed by atoms with van der Waals surface area (Å²) in [6.07, 6.45) is -4.72. The molecule has 0 saturated heterocycles. The van der Waals surface area contributed by atoms with Crippen LogP contribution in [0.1, 0.15) is 32.0 Å². The van der Waals surface area contributed by atoms with Crippen LogP contribution in [0.2, 0.25) is 0 Å². The van der Waals surface area contributed by atoms with Crippen molar-refractivity contribution in [2.24, 2.45) is 11.2 Å².